The van der Waals surface area contributed by atoms with E-state index in [0.717, 1.165) is 31.0 Å². The Bertz CT molecular complexity index is 420. The summed E-state index contributed by atoms with van der Waals surface area (Å²) in [5.41, 5.74) is 0.119. The summed E-state index contributed by atoms with van der Waals surface area (Å²) in [5.74, 6) is 1.67. The van der Waals surface area contributed by atoms with Crippen LogP contribution in [0.1, 0.15) is 33.6 Å². The Balaban J connectivity index is 2.04. The van der Waals surface area contributed by atoms with Crippen molar-refractivity contribution in [2.75, 3.05) is 19.0 Å². The summed E-state index contributed by atoms with van der Waals surface area (Å²) >= 11 is 0. The van der Waals surface area contributed by atoms with Crippen LogP contribution in [0.2, 0.25) is 0 Å². The molecule has 0 amide bonds. The molecule has 0 spiro atoms. The van der Waals surface area contributed by atoms with Gasteiger partial charge in [-0.05, 0) is 25.0 Å². The quantitative estimate of drug-likeness (QED) is 0.857. The molecule has 0 aliphatic heterocycles. The van der Waals surface area contributed by atoms with Crippen LogP contribution in [0.3, 0.4) is 0 Å². The minimum atomic E-state index is 0.119. The summed E-state index contributed by atoms with van der Waals surface area (Å²) in [6, 6.07) is 4.24. The van der Waals surface area contributed by atoms with Gasteiger partial charge in [0.05, 0.1) is 12.7 Å². The second-order valence-corrected chi connectivity index (χ2v) is 5.68. The summed E-state index contributed by atoms with van der Waals surface area (Å²) in [5, 5.41) is 3.49. The number of nitrogens with zero attached hydrogens (tertiary/aromatic N) is 1. The van der Waals surface area contributed by atoms with Gasteiger partial charge < -0.3 is 14.8 Å². The second kappa shape index (κ2) is 5.78. The molecule has 1 fully saturated rings. The zero-order chi connectivity index (χ0) is 13.9. The Morgan fingerprint density at radius 1 is 1.47 bits per heavy atom. The fraction of sp³-hybridized carbons (Fsp3) is 0.667. The lowest BCUT2D eigenvalue weighted by molar-refractivity contribution is -0.0796. The number of nitrogens with one attached hydrogen (secondary N) is 1. The molecule has 1 aromatic heterocycles. The molecular formula is C15H24N2O2. The predicted molar refractivity (Wildman–Crippen MR) is 76.6 cm³/mol. The number of rotatable bonds is 6. The van der Waals surface area contributed by atoms with Gasteiger partial charge in [-0.1, -0.05) is 20.8 Å². The first-order valence-electron chi connectivity index (χ1n) is 6.96. The molecule has 1 saturated carbocycles. The van der Waals surface area contributed by atoms with Gasteiger partial charge in [0.2, 0.25) is 0 Å². The highest BCUT2D eigenvalue weighted by atomic mass is 16.5. The van der Waals surface area contributed by atoms with E-state index in [0.29, 0.717) is 12.1 Å². The van der Waals surface area contributed by atoms with Crippen LogP contribution in [0.15, 0.2) is 18.3 Å². The Hall–Kier alpha value is -1.29. The van der Waals surface area contributed by atoms with E-state index in [2.05, 4.69) is 31.1 Å². The van der Waals surface area contributed by atoms with E-state index in [1.807, 2.05) is 12.1 Å². The van der Waals surface area contributed by atoms with Gasteiger partial charge in [0.25, 0.3) is 0 Å². The number of ether oxygens (including phenoxy) is 2. The lowest BCUT2D eigenvalue weighted by Crippen LogP contribution is -2.57. The van der Waals surface area contributed by atoms with Crippen molar-refractivity contribution in [3.8, 4) is 5.75 Å². The molecule has 4 nitrogen and oxygen atoms in total. The van der Waals surface area contributed by atoms with Gasteiger partial charge in [-0.3, -0.25) is 0 Å². The van der Waals surface area contributed by atoms with Gasteiger partial charge in [-0.2, -0.15) is 0 Å². The molecule has 0 bridgehead atoms. The third-order valence-electron chi connectivity index (χ3n) is 4.01. The molecule has 1 aliphatic carbocycles. The highest BCUT2D eigenvalue weighted by molar-refractivity contribution is 5.51. The smallest absolute Gasteiger partial charge is 0.168 e. The first-order chi connectivity index (χ1) is 9.09. The Morgan fingerprint density at radius 3 is 2.89 bits per heavy atom. The third-order valence-corrected chi connectivity index (χ3v) is 4.01. The Labute approximate surface area is 115 Å². The van der Waals surface area contributed by atoms with Crippen LogP contribution in [0.4, 0.5) is 5.82 Å². The van der Waals surface area contributed by atoms with E-state index >= 15 is 0 Å². The lowest BCUT2D eigenvalue weighted by atomic mass is 9.64. The molecular weight excluding hydrogens is 240 g/mol. The standard InChI is InChI=1S/C15H24N2O2/c1-5-9-19-11-7-6-8-16-14(11)17-12-10-13(18-4)15(12,2)3/h6-8,12-13H,5,9-10H2,1-4H3,(H,16,17). The molecule has 19 heavy (non-hydrogen) atoms. The molecule has 1 aliphatic rings. The molecule has 4 heteroatoms. The molecule has 2 rings (SSSR count). The first-order valence-corrected chi connectivity index (χ1v) is 6.96. The van der Waals surface area contributed by atoms with E-state index < -0.39 is 0 Å². The van der Waals surface area contributed by atoms with Crippen LogP contribution < -0.4 is 10.1 Å². The molecule has 0 radical (unpaired) electrons. The monoisotopic (exact) mass is 264 g/mol. The zero-order valence-corrected chi connectivity index (χ0v) is 12.3. The van der Waals surface area contributed by atoms with Gasteiger partial charge in [-0.15, -0.1) is 0 Å². The summed E-state index contributed by atoms with van der Waals surface area (Å²) in [6.45, 7) is 7.26. The van der Waals surface area contributed by atoms with Crippen LogP contribution >= 0.6 is 0 Å². The molecule has 0 saturated heterocycles. The van der Waals surface area contributed by atoms with Gasteiger partial charge in [0.1, 0.15) is 0 Å². The molecule has 2 atom stereocenters. The van der Waals surface area contributed by atoms with Crippen molar-refractivity contribution in [3.05, 3.63) is 18.3 Å². The summed E-state index contributed by atoms with van der Waals surface area (Å²) in [4.78, 5) is 4.39. The van der Waals surface area contributed by atoms with Crippen molar-refractivity contribution in [3.63, 3.8) is 0 Å². The van der Waals surface area contributed by atoms with Crippen LogP contribution in [0.5, 0.6) is 5.75 Å². The number of hydrogen-bond acceptors (Lipinski definition) is 4. The Kier molecular flexibility index (Phi) is 4.30. The molecule has 2 unspecified atom stereocenters. The number of aromatic nitrogens is 1. The summed E-state index contributed by atoms with van der Waals surface area (Å²) in [6.07, 6.45) is 4.11. The van der Waals surface area contributed by atoms with Crippen molar-refractivity contribution >= 4 is 5.82 Å². The van der Waals surface area contributed by atoms with E-state index in [4.69, 9.17) is 9.47 Å². The zero-order valence-electron chi connectivity index (χ0n) is 12.3. The summed E-state index contributed by atoms with van der Waals surface area (Å²) < 4.78 is 11.2. The minimum Gasteiger partial charge on any atom is -0.490 e. The van der Waals surface area contributed by atoms with Gasteiger partial charge in [-0.25, -0.2) is 4.98 Å². The van der Waals surface area contributed by atoms with Crippen molar-refractivity contribution < 1.29 is 9.47 Å². The topological polar surface area (TPSA) is 43.4 Å². The Morgan fingerprint density at radius 2 is 2.26 bits per heavy atom. The molecule has 0 aromatic carbocycles. The van der Waals surface area contributed by atoms with Crippen molar-refractivity contribution in [1.82, 2.24) is 4.98 Å². The van der Waals surface area contributed by atoms with E-state index in [-0.39, 0.29) is 5.41 Å². The predicted octanol–water partition coefficient (Wildman–Crippen LogP) is 3.10. The molecule has 106 valence electrons. The van der Waals surface area contributed by atoms with E-state index in [1.165, 1.54) is 0 Å². The largest absolute Gasteiger partial charge is 0.490 e. The third kappa shape index (κ3) is 2.84. The van der Waals surface area contributed by atoms with Crippen molar-refractivity contribution in [2.45, 2.75) is 45.8 Å². The number of pyridine rings is 1. The molecule has 1 aromatic rings. The number of anilines is 1. The fourth-order valence-corrected chi connectivity index (χ4v) is 2.52. The lowest BCUT2D eigenvalue weighted by Gasteiger charge is -2.51. The van der Waals surface area contributed by atoms with Gasteiger partial charge in [0.15, 0.2) is 11.6 Å². The minimum absolute atomic E-state index is 0.119. The van der Waals surface area contributed by atoms with Crippen LogP contribution in [-0.2, 0) is 4.74 Å². The number of methoxy groups -OCH3 is 1. The highest BCUT2D eigenvalue weighted by Crippen LogP contribution is 2.44. The highest BCUT2D eigenvalue weighted by Gasteiger charge is 2.48. The molecule has 1 heterocycles. The van der Waals surface area contributed by atoms with E-state index in [9.17, 15) is 0 Å². The summed E-state index contributed by atoms with van der Waals surface area (Å²) in [7, 11) is 1.78. The van der Waals surface area contributed by atoms with Crippen LogP contribution in [0.25, 0.3) is 0 Å². The normalized spacial score (nSPS) is 24.6. The second-order valence-electron chi connectivity index (χ2n) is 5.68. The average molecular weight is 264 g/mol. The van der Waals surface area contributed by atoms with E-state index in [1.54, 1.807) is 13.3 Å². The maximum atomic E-state index is 5.72. The van der Waals surface area contributed by atoms with Gasteiger partial charge >= 0.3 is 0 Å². The number of hydrogen-bond donors (Lipinski definition) is 1. The SMILES string of the molecule is CCCOc1cccnc1NC1CC(OC)C1(C)C. The fourth-order valence-electron chi connectivity index (χ4n) is 2.52. The average Bonchev–Trinajstić information content (AvgIpc) is 2.41. The van der Waals surface area contributed by atoms with Gasteiger partial charge in [0, 0.05) is 24.8 Å². The maximum absolute atomic E-state index is 5.72. The van der Waals surface area contributed by atoms with Crippen molar-refractivity contribution in [2.24, 2.45) is 5.41 Å². The van der Waals surface area contributed by atoms with Crippen LogP contribution in [0, 0.1) is 5.41 Å². The maximum Gasteiger partial charge on any atom is 0.168 e. The first kappa shape index (κ1) is 14.1. The molecule has 1 N–H and O–H groups in total. The van der Waals surface area contributed by atoms with Crippen molar-refractivity contribution in [1.29, 1.82) is 0 Å². The van der Waals surface area contributed by atoms with Crippen LogP contribution in [-0.4, -0.2) is 30.8 Å².